The molecule has 27 heavy (non-hydrogen) atoms. The van der Waals surface area contributed by atoms with Crippen LogP contribution in [0.2, 0.25) is 0 Å². The number of nitrogens with zero attached hydrogens (tertiary/aromatic N) is 1. The minimum absolute atomic E-state index is 0.0343. The van der Waals surface area contributed by atoms with Gasteiger partial charge in [-0.3, -0.25) is 9.78 Å². The number of phenols is 1. The molecule has 0 unspecified atom stereocenters. The Hall–Kier alpha value is -3.15. The van der Waals surface area contributed by atoms with Crippen molar-refractivity contribution in [3.63, 3.8) is 0 Å². The number of phenolic OH excluding ortho intramolecular Hbond substituents is 1. The van der Waals surface area contributed by atoms with Gasteiger partial charge >= 0.3 is 0 Å². The molecule has 2 aromatic carbocycles. The molecule has 0 saturated carbocycles. The summed E-state index contributed by atoms with van der Waals surface area (Å²) in [4.78, 5) is 16.7. The SMILES string of the molecule is COc1c(NC(=O)C(C)(C)C)ccc2c(-c3cc(F)ccc3O)ccnc12. The molecule has 0 fully saturated rings. The fourth-order valence-corrected chi connectivity index (χ4v) is 2.77. The number of carbonyl (C=O) groups is 1. The zero-order valence-corrected chi connectivity index (χ0v) is 15.6. The van der Waals surface area contributed by atoms with E-state index in [9.17, 15) is 14.3 Å². The van der Waals surface area contributed by atoms with Gasteiger partial charge in [-0.1, -0.05) is 20.8 Å². The fraction of sp³-hybridized carbons (Fsp3) is 0.238. The second-order valence-electron chi connectivity index (χ2n) is 7.27. The lowest BCUT2D eigenvalue weighted by atomic mass is 9.95. The number of aromatic nitrogens is 1. The van der Waals surface area contributed by atoms with E-state index in [0.29, 0.717) is 33.5 Å². The Labute approximate surface area is 156 Å². The molecular weight excluding hydrogens is 347 g/mol. The van der Waals surface area contributed by atoms with Crippen molar-refractivity contribution in [3.8, 4) is 22.6 Å². The van der Waals surface area contributed by atoms with Gasteiger partial charge in [-0.2, -0.15) is 0 Å². The average Bonchev–Trinajstić information content (AvgIpc) is 2.62. The number of methoxy groups -OCH3 is 1. The van der Waals surface area contributed by atoms with E-state index in [2.05, 4.69) is 10.3 Å². The number of amides is 1. The molecular formula is C21H21FN2O3. The van der Waals surface area contributed by atoms with Gasteiger partial charge in [-0.15, -0.1) is 0 Å². The summed E-state index contributed by atoms with van der Waals surface area (Å²) in [7, 11) is 1.50. The number of rotatable bonds is 3. The van der Waals surface area contributed by atoms with Crippen LogP contribution in [0.4, 0.5) is 10.1 Å². The molecule has 0 aliphatic rings. The van der Waals surface area contributed by atoms with Crippen molar-refractivity contribution < 1.29 is 19.0 Å². The highest BCUT2D eigenvalue weighted by Gasteiger charge is 2.23. The zero-order valence-electron chi connectivity index (χ0n) is 15.6. The first-order valence-corrected chi connectivity index (χ1v) is 8.48. The molecule has 2 N–H and O–H groups in total. The topological polar surface area (TPSA) is 71.5 Å². The molecule has 1 heterocycles. The third kappa shape index (κ3) is 3.56. The van der Waals surface area contributed by atoms with Crippen LogP contribution in [-0.4, -0.2) is 23.1 Å². The molecule has 6 heteroatoms. The normalized spacial score (nSPS) is 11.4. The van der Waals surface area contributed by atoms with Crippen LogP contribution in [0.1, 0.15) is 20.8 Å². The zero-order chi connectivity index (χ0) is 19.8. The van der Waals surface area contributed by atoms with Crippen LogP contribution in [0.25, 0.3) is 22.0 Å². The van der Waals surface area contributed by atoms with Crippen molar-refractivity contribution in [2.24, 2.45) is 5.41 Å². The van der Waals surface area contributed by atoms with Gasteiger partial charge in [0.2, 0.25) is 5.91 Å². The second kappa shape index (κ2) is 6.87. The predicted octanol–water partition coefficient (Wildman–Crippen LogP) is 4.74. The number of nitrogens with one attached hydrogen (secondary N) is 1. The summed E-state index contributed by atoms with van der Waals surface area (Å²) in [6.07, 6.45) is 1.56. The summed E-state index contributed by atoms with van der Waals surface area (Å²) in [5, 5.41) is 13.7. The van der Waals surface area contributed by atoms with Gasteiger partial charge in [-0.25, -0.2) is 4.39 Å². The summed E-state index contributed by atoms with van der Waals surface area (Å²) in [5.74, 6) is -0.233. The summed E-state index contributed by atoms with van der Waals surface area (Å²) in [6, 6.07) is 8.96. The quantitative estimate of drug-likeness (QED) is 0.700. The minimum Gasteiger partial charge on any atom is -0.507 e. The first-order valence-electron chi connectivity index (χ1n) is 8.48. The number of aromatic hydroxyl groups is 1. The Morgan fingerprint density at radius 2 is 1.89 bits per heavy atom. The Balaban J connectivity index is 2.19. The highest BCUT2D eigenvalue weighted by atomic mass is 19.1. The molecule has 3 aromatic rings. The lowest BCUT2D eigenvalue weighted by molar-refractivity contribution is -0.123. The molecule has 140 valence electrons. The lowest BCUT2D eigenvalue weighted by Crippen LogP contribution is -2.27. The van der Waals surface area contributed by atoms with E-state index in [-0.39, 0.29) is 11.7 Å². The van der Waals surface area contributed by atoms with Gasteiger partial charge in [0, 0.05) is 22.6 Å². The maximum atomic E-state index is 13.7. The summed E-state index contributed by atoms with van der Waals surface area (Å²) >= 11 is 0. The van der Waals surface area contributed by atoms with Crippen molar-refractivity contribution >= 4 is 22.5 Å². The van der Waals surface area contributed by atoms with E-state index >= 15 is 0 Å². The maximum Gasteiger partial charge on any atom is 0.229 e. The van der Waals surface area contributed by atoms with E-state index in [0.717, 1.165) is 0 Å². The highest BCUT2D eigenvalue weighted by Crippen LogP contribution is 2.40. The number of hydrogen-bond donors (Lipinski definition) is 2. The number of anilines is 1. The maximum absolute atomic E-state index is 13.7. The largest absolute Gasteiger partial charge is 0.507 e. The van der Waals surface area contributed by atoms with Gasteiger partial charge in [0.1, 0.15) is 17.1 Å². The first kappa shape index (κ1) is 18.6. The van der Waals surface area contributed by atoms with Crippen LogP contribution in [0.3, 0.4) is 0 Å². The Bertz CT molecular complexity index is 1030. The van der Waals surface area contributed by atoms with E-state index < -0.39 is 11.2 Å². The number of halogens is 1. The predicted molar refractivity (Wildman–Crippen MR) is 103 cm³/mol. The third-order valence-electron chi connectivity index (χ3n) is 4.25. The molecule has 0 saturated heterocycles. The number of carbonyl (C=O) groups excluding carboxylic acids is 1. The molecule has 0 atom stereocenters. The number of benzene rings is 2. The van der Waals surface area contributed by atoms with Gasteiger partial charge in [0.05, 0.1) is 12.8 Å². The van der Waals surface area contributed by atoms with Crippen LogP contribution in [0.15, 0.2) is 42.6 Å². The average molecular weight is 368 g/mol. The molecule has 0 aliphatic heterocycles. The smallest absolute Gasteiger partial charge is 0.229 e. The van der Waals surface area contributed by atoms with E-state index in [1.165, 1.54) is 25.3 Å². The van der Waals surface area contributed by atoms with Crippen molar-refractivity contribution in [1.82, 2.24) is 4.98 Å². The summed E-state index contributed by atoms with van der Waals surface area (Å²) in [5.41, 5.74) is 1.41. The first-order chi connectivity index (χ1) is 12.7. The van der Waals surface area contributed by atoms with Gasteiger partial charge in [0.25, 0.3) is 0 Å². The molecule has 1 aromatic heterocycles. The van der Waals surface area contributed by atoms with E-state index in [1.807, 2.05) is 20.8 Å². The molecule has 0 aliphatic carbocycles. The van der Waals surface area contributed by atoms with Crippen LogP contribution >= 0.6 is 0 Å². The Morgan fingerprint density at radius 1 is 1.15 bits per heavy atom. The van der Waals surface area contributed by atoms with Gasteiger partial charge in [-0.05, 0) is 42.0 Å². The van der Waals surface area contributed by atoms with Crippen molar-refractivity contribution in [1.29, 1.82) is 0 Å². The molecule has 1 amide bonds. The van der Waals surface area contributed by atoms with Crippen molar-refractivity contribution in [3.05, 3.63) is 48.4 Å². The Morgan fingerprint density at radius 3 is 2.56 bits per heavy atom. The summed E-state index contributed by atoms with van der Waals surface area (Å²) in [6.45, 7) is 5.46. The van der Waals surface area contributed by atoms with E-state index in [4.69, 9.17) is 4.74 Å². The van der Waals surface area contributed by atoms with E-state index in [1.54, 1.807) is 24.4 Å². The number of pyridine rings is 1. The second-order valence-corrected chi connectivity index (χ2v) is 7.27. The molecule has 0 bridgehead atoms. The van der Waals surface area contributed by atoms with Gasteiger partial charge in [0.15, 0.2) is 5.75 Å². The number of fused-ring (bicyclic) bond motifs is 1. The number of ether oxygens (including phenoxy) is 1. The van der Waals surface area contributed by atoms with Crippen LogP contribution in [0, 0.1) is 11.2 Å². The van der Waals surface area contributed by atoms with Gasteiger partial charge < -0.3 is 15.2 Å². The molecule has 0 radical (unpaired) electrons. The summed E-state index contributed by atoms with van der Waals surface area (Å²) < 4.78 is 19.2. The van der Waals surface area contributed by atoms with Crippen LogP contribution < -0.4 is 10.1 Å². The highest BCUT2D eigenvalue weighted by molar-refractivity contribution is 6.04. The van der Waals surface area contributed by atoms with Crippen LogP contribution in [0.5, 0.6) is 11.5 Å². The standard InChI is InChI=1S/C21H21FN2O3/c1-21(2,3)20(26)24-16-7-6-14-13(9-10-23-18(14)19(16)27-4)15-11-12(22)5-8-17(15)25/h5-11,25H,1-4H3,(H,24,26). The van der Waals surface area contributed by atoms with Crippen LogP contribution in [-0.2, 0) is 4.79 Å². The molecule has 5 nitrogen and oxygen atoms in total. The number of hydrogen-bond acceptors (Lipinski definition) is 4. The van der Waals surface area contributed by atoms with Crippen molar-refractivity contribution in [2.45, 2.75) is 20.8 Å². The fourth-order valence-electron chi connectivity index (χ4n) is 2.77. The van der Waals surface area contributed by atoms with Crippen molar-refractivity contribution in [2.75, 3.05) is 12.4 Å². The monoisotopic (exact) mass is 368 g/mol. The minimum atomic E-state index is -0.567. The Kier molecular flexibility index (Phi) is 4.74. The third-order valence-corrected chi connectivity index (χ3v) is 4.25. The lowest BCUT2D eigenvalue weighted by Gasteiger charge is -2.20. The molecule has 0 spiro atoms. The molecule has 3 rings (SSSR count).